The van der Waals surface area contributed by atoms with Crippen molar-refractivity contribution in [3.63, 3.8) is 0 Å². The number of allylic oxidation sites excluding steroid dienone is 1. The second-order valence-electron chi connectivity index (χ2n) is 40.8. The van der Waals surface area contributed by atoms with E-state index in [-0.39, 0.29) is 59.1 Å². The smallest absolute Gasteiger partial charge is 0.486 e. The Labute approximate surface area is 710 Å². The van der Waals surface area contributed by atoms with Gasteiger partial charge in [-0.3, -0.25) is 0 Å². The molecule has 4 heterocycles. The number of carbonyl (C=O) groups excluding carboxylic acids is 2. The Kier molecular flexibility index (Phi) is 25.0. The number of rotatable bonds is 26. The minimum Gasteiger partial charge on any atom is -0.486 e. The summed E-state index contributed by atoms with van der Waals surface area (Å²) < 4.78 is 78.4. The summed E-state index contributed by atoms with van der Waals surface area (Å²) in [4.78, 5) is 31.1. The highest BCUT2D eigenvalue weighted by Crippen LogP contribution is 2.69. The van der Waals surface area contributed by atoms with Gasteiger partial charge in [-0.1, -0.05) is 180 Å². The fourth-order valence-electron chi connectivity index (χ4n) is 20.6. The summed E-state index contributed by atoms with van der Waals surface area (Å²) in [6.07, 6.45) is 19.6. The Hall–Kier alpha value is -5.88. The fourth-order valence-corrected chi connectivity index (χ4v) is 21.1. The third-order valence-electron chi connectivity index (χ3n) is 30.5. The molecule has 6 aromatic carbocycles. The van der Waals surface area contributed by atoms with Crippen molar-refractivity contribution < 1.29 is 65.8 Å². The minimum atomic E-state index is -0.668. The third-order valence-corrected chi connectivity index (χ3v) is 31.0. The van der Waals surface area contributed by atoms with Crippen LogP contribution in [0, 0.1) is 58.2 Å². The molecular weight excluding hydrogens is 1500 g/mol. The summed E-state index contributed by atoms with van der Waals surface area (Å²) in [7, 11) is -2.50. The maximum atomic E-state index is 15.5. The Morgan fingerprint density at radius 1 is 0.444 bits per heavy atom. The van der Waals surface area contributed by atoms with Crippen molar-refractivity contribution >= 4 is 91.0 Å². The summed E-state index contributed by atoms with van der Waals surface area (Å²) in [5.41, 5.74) is 4.59. The molecule has 20 heteroatoms. The van der Waals surface area contributed by atoms with E-state index in [4.69, 9.17) is 79.4 Å². The second kappa shape index (κ2) is 33.4. The Morgan fingerprint density at radius 3 is 1.21 bits per heavy atom. The first-order chi connectivity index (χ1) is 55.0. The van der Waals surface area contributed by atoms with E-state index in [0.29, 0.717) is 45.8 Å². The first kappa shape index (κ1) is 87.5. The number of ether oxygens (including phenoxy) is 4. The quantitative estimate of drug-likeness (QED) is 0.0375. The van der Waals surface area contributed by atoms with E-state index in [1.807, 2.05) is 220 Å². The lowest BCUT2D eigenvalue weighted by Gasteiger charge is -2.61. The van der Waals surface area contributed by atoms with Gasteiger partial charge in [0.2, 0.25) is 0 Å². The first-order valence-electron chi connectivity index (χ1n) is 43.7. The molecule has 8 fully saturated rings. The monoisotopic (exact) mass is 1630 g/mol. The molecule has 0 N–H and O–H groups in total. The highest BCUT2D eigenvalue weighted by molar-refractivity contribution is 6.63. The molecule has 14 rings (SSSR count). The van der Waals surface area contributed by atoms with Crippen LogP contribution in [0.25, 0.3) is 5.57 Å². The number of esters is 2. The average molecular weight is 1630 g/mol. The highest BCUT2D eigenvalue weighted by Gasteiger charge is 2.62. The lowest BCUT2D eigenvalue weighted by atomic mass is 9.44. The van der Waals surface area contributed by atoms with Crippen molar-refractivity contribution in [3.8, 4) is 11.5 Å². The largest absolute Gasteiger partial charge is 0.494 e. The molecule has 4 saturated heterocycles. The van der Waals surface area contributed by atoms with Crippen LogP contribution in [0.4, 0.5) is 0 Å². The van der Waals surface area contributed by atoms with Crippen LogP contribution in [0.5, 0.6) is 11.5 Å². The van der Waals surface area contributed by atoms with Gasteiger partial charge in [-0.15, -0.1) is 0 Å². The molecule has 4 aliphatic heterocycles. The summed E-state index contributed by atoms with van der Waals surface area (Å²) in [6, 6.07) is 38.5. The number of benzene rings is 6. The Bertz CT molecular complexity index is 4370. The van der Waals surface area contributed by atoms with Gasteiger partial charge >= 0.3 is 40.4 Å². The maximum absolute atomic E-state index is 15.5. The summed E-state index contributed by atoms with van der Waals surface area (Å²) in [6.45, 7) is 45.1. The van der Waals surface area contributed by atoms with Crippen molar-refractivity contribution in [2.75, 3.05) is 0 Å². The van der Waals surface area contributed by atoms with E-state index >= 15 is 9.59 Å². The predicted molar refractivity (Wildman–Crippen MR) is 471 cm³/mol. The second-order valence-corrected chi connectivity index (χ2v) is 41.6. The summed E-state index contributed by atoms with van der Waals surface area (Å²) >= 11 is 15.4. The number of fused-ring (bicyclic) bond motifs is 5. The first-order valence-corrected chi connectivity index (χ1v) is 44.5. The molecule has 8 aliphatic rings. The standard InChI is InChI=1S/C97H128B4Cl2O14/c1-61(2)28-22-29-62(3)79-42-43-80-76-41-40-70-48-63(44-46-96(70,20)81(76)45-47-97(79,80)21)30-27-39-75(68-53-77(86(104)108-59-66-33-25-37-73(51-66)100-114-92(12,13)93(14,15)115-100)84(82(102)55-68)106-57-64-31-23-35-71(49-64)98-110-88(4,5)89(6,7)111-98)69-54-78(87(105)109-60-67-34-26-38-74(52-67)101-116-94(16,17)95(18,19)117-101)85(83(103)56-69)107-58-65-32-24-36-72(50-65)99-112-90(8,9)91(10,11)113-99/h23-26,31-39,49-56,61-63,70,76,79-81H,22,27-30,40-48,57-60H2,1-21H3/t62-,63?,70?,76+,79-,80+,81+,96+,97-/m1/s1. The van der Waals surface area contributed by atoms with Crippen LogP contribution >= 0.6 is 23.2 Å². The molecule has 0 radical (unpaired) electrons. The van der Waals surface area contributed by atoms with Gasteiger partial charge in [0.1, 0.15) is 37.6 Å². The Morgan fingerprint density at radius 2 is 0.821 bits per heavy atom. The Balaban J connectivity index is 0.816. The number of hydrogen-bond donors (Lipinski definition) is 0. The summed E-state index contributed by atoms with van der Waals surface area (Å²) in [5, 5.41) is 0.335. The lowest BCUT2D eigenvalue weighted by Crippen LogP contribution is -2.53. The van der Waals surface area contributed by atoms with E-state index in [0.717, 1.165) is 92.5 Å². The van der Waals surface area contributed by atoms with Crippen LogP contribution in [0.3, 0.4) is 0 Å². The number of carbonyl (C=O) groups is 2. The molecular formula is C97H128B4Cl2O14. The molecule has 4 saturated carbocycles. The highest BCUT2D eigenvalue weighted by atomic mass is 35.5. The van der Waals surface area contributed by atoms with Crippen LogP contribution in [-0.2, 0) is 73.1 Å². The zero-order valence-electron chi connectivity index (χ0n) is 73.8. The molecule has 4 aliphatic carbocycles. The molecule has 0 amide bonds. The third kappa shape index (κ3) is 17.9. The molecule has 117 heavy (non-hydrogen) atoms. The normalized spacial score (nSPS) is 27.0. The molecule has 9 atom stereocenters. The van der Waals surface area contributed by atoms with Crippen molar-refractivity contribution in [1.82, 2.24) is 0 Å². The van der Waals surface area contributed by atoms with E-state index < -0.39 is 85.2 Å². The molecule has 0 bridgehead atoms. The molecule has 0 spiro atoms. The SMILES string of the molecule is CC(C)CCC[C@@H](C)[C@H]1CC[C@H]2[C@@H]3CCC4CC(CCC=C(c5cc(Cl)c(OCc6cccc(B7OC(C)(C)C(C)(C)O7)c6)c(C(=O)OCc6cccc(B7OC(C)(C)C(C)(C)O7)c6)c5)c5cc(Cl)c(OCc6cccc(B7OC(C)(C)C(C)(C)O7)c6)c(C(=O)OCc6cccc(B7OC(C)(C)C(C)(C)O7)c6)c5)CC[C@]4(C)[C@H]3CC[C@]12C. The van der Waals surface area contributed by atoms with E-state index in [1.165, 1.54) is 70.6 Å². The van der Waals surface area contributed by atoms with Crippen LogP contribution < -0.4 is 31.3 Å². The zero-order chi connectivity index (χ0) is 84.0. The van der Waals surface area contributed by atoms with Crippen LogP contribution in [0.15, 0.2) is 127 Å². The van der Waals surface area contributed by atoms with Crippen LogP contribution in [0.1, 0.15) is 289 Å². The van der Waals surface area contributed by atoms with Gasteiger partial charge in [-0.05, 0) is 325 Å². The molecule has 2 unspecified atom stereocenters. The van der Waals surface area contributed by atoms with Gasteiger partial charge in [0.15, 0.2) is 11.5 Å². The molecule has 14 nitrogen and oxygen atoms in total. The van der Waals surface area contributed by atoms with Crippen molar-refractivity contribution in [1.29, 1.82) is 0 Å². The van der Waals surface area contributed by atoms with E-state index in [2.05, 4.69) is 40.7 Å². The van der Waals surface area contributed by atoms with Crippen molar-refractivity contribution in [2.24, 2.45) is 58.2 Å². The average Bonchev–Trinajstić information content (AvgIpc) is 1.71. The van der Waals surface area contributed by atoms with E-state index in [1.54, 1.807) is 12.1 Å². The van der Waals surface area contributed by atoms with Gasteiger partial charge in [0.25, 0.3) is 0 Å². The fraction of sp³-hybridized carbons (Fsp3) is 0.588. The topological polar surface area (TPSA) is 145 Å². The number of hydrogen-bond acceptors (Lipinski definition) is 14. The van der Waals surface area contributed by atoms with Gasteiger partial charge in [0.05, 0.1) is 54.9 Å². The van der Waals surface area contributed by atoms with Crippen LogP contribution in [-0.4, -0.2) is 85.2 Å². The minimum absolute atomic E-state index is 0.0286. The molecule has 0 aromatic heterocycles. The van der Waals surface area contributed by atoms with E-state index in [9.17, 15) is 0 Å². The maximum Gasteiger partial charge on any atom is 0.494 e. The van der Waals surface area contributed by atoms with Gasteiger partial charge in [-0.25, -0.2) is 9.59 Å². The van der Waals surface area contributed by atoms with Gasteiger partial charge in [0, 0.05) is 0 Å². The lowest BCUT2D eigenvalue weighted by molar-refractivity contribution is -0.121. The van der Waals surface area contributed by atoms with Crippen molar-refractivity contribution in [3.05, 3.63) is 182 Å². The molecule has 6 aromatic rings. The zero-order valence-corrected chi connectivity index (χ0v) is 75.3. The number of halogens is 2. The van der Waals surface area contributed by atoms with Crippen LogP contribution in [0.2, 0.25) is 10.0 Å². The van der Waals surface area contributed by atoms with Gasteiger partial charge < -0.3 is 56.2 Å². The van der Waals surface area contributed by atoms with Gasteiger partial charge in [-0.2, -0.15) is 0 Å². The predicted octanol–water partition coefficient (Wildman–Crippen LogP) is 21.0. The molecule has 626 valence electrons. The van der Waals surface area contributed by atoms with Crippen molar-refractivity contribution in [2.45, 2.75) is 307 Å². The summed E-state index contributed by atoms with van der Waals surface area (Å²) in [5.74, 6) is 4.86.